The maximum atomic E-state index is 12.2. The van der Waals surface area contributed by atoms with Gasteiger partial charge in [-0.3, -0.25) is 14.5 Å². The SMILES string of the molecule is O=C(O)C1CCCN1C1CCN(C(=O)c2cnsn2)CC1. The van der Waals surface area contributed by atoms with Crippen LogP contribution < -0.4 is 0 Å². The Labute approximate surface area is 126 Å². The minimum atomic E-state index is -0.723. The first kappa shape index (κ1) is 14.4. The average Bonchev–Trinajstić information content (AvgIpc) is 3.18. The number of carboxylic acids is 1. The molecule has 0 aromatic carbocycles. The third-order valence-electron chi connectivity index (χ3n) is 4.38. The molecule has 1 amide bonds. The lowest BCUT2D eigenvalue weighted by atomic mass is 10.0. The molecular weight excluding hydrogens is 292 g/mol. The first-order valence-electron chi connectivity index (χ1n) is 7.22. The van der Waals surface area contributed by atoms with Gasteiger partial charge in [-0.05, 0) is 32.2 Å². The highest BCUT2D eigenvalue weighted by Crippen LogP contribution is 2.26. The summed E-state index contributed by atoms with van der Waals surface area (Å²) in [6.07, 6.45) is 4.83. The third-order valence-corrected chi connectivity index (χ3v) is 4.86. The number of likely N-dealkylation sites (tertiary alicyclic amines) is 2. The Morgan fingerprint density at radius 1 is 1.24 bits per heavy atom. The molecule has 8 heteroatoms. The molecule has 0 bridgehead atoms. The zero-order chi connectivity index (χ0) is 14.8. The van der Waals surface area contributed by atoms with Gasteiger partial charge < -0.3 is 10.0 Å². The van der Waals surface area contributed by atoms with E-state index >= 15 is 0 Å². The van der Waals surface area contributed by atoms with Crippen LogP contribution in [0.3, 0.4) is 0 Å². The first-order valence-corrected chi connectivity index (χ1v) is 7.95. The molecule has 3 rings (SSSR count). The number of aromatic nitrogens is 2. The number of amides is 1. The Hall–Kier alpha value is -1.54. The van der Waals surface area contributed by atoms with Gasteiger partial charge in [-0.1, -0.05) is 0 Å². The Morgan fingerprint density at radius 3 is 2.62 bits per heavy atom. The van der Waals surface area contributed by atoms with Crippen molar-refractivity contribution in [3.8, 4) is 0 Å². The van der Waals surface area contributed by atoms with Gasteiger partial charge in [0.05, 0.1) is 17.9 Å². The highest BCUT2D eigenvalue weighted by molar-refractivity contribution is 6.99. The fourth-order valence-corrected chi connectivity index (χ4v) is 3.72. The summed E-state index contributed by atoms with van der Waals surface area (Å²) in [6, 6.07) is -0.0776. The molecule has 1 N–H and O–H groups in total. The van der Waals surface area contributed by atoms with E-state index in [4.69, 9.17) is 0 Å². The lowest BCUT2D eigenvalue weighted by molar-refractivity contribution is -0.143. The number of carbonyl (C=O) groups is 2. The number of hydrogen-bond donors (Lipinski definition) is 1. The summed E-state index contributed by atoms with van der Waals surface area (Å²) in [6.45, 7) is 2.17. The molecule has 1 aromatic rings. The molecule has 2 aliphatic heterocycles. The molecular formula is C13H18N4O3S. The number of carbonyl (C=O) groups excluding carboxylic acids is 1. The Kier molecular flexibility index (Phi) is 4.16. The second kappa shape index (κ2) is 6.07. The maximum absolute atomic E-state index is 12.2. The van der Waals surface area contributed by atoms with Gasteiger partial charge in [0.25, 0.3) is 5.91 Å². The van der Waals surface area contributed by atoms with E-state index in [-0.39, 0.29) is 18.0 Å². The highest BCUT2D eigenvalue weighted by atomic mass is 32.1. The van der Waals surface area contributed by atoms with Crippen molar-refractivity contribution in [1.29, 1.82) is 0 Å². The van der Waals surface area contributed by atoms with Crippen LogP contribution >= 0.6 is 11.7 Å². The monoisotopic (exact) mass is 310 g/mol. The summed E-state index contributed by atoms with van der Waals surface area (Å²) in [7, 11) is 0. The lowest BCUT2D eigenvalue weighted by Gasteiger charge is -2.38. The van der Waals surface area contributed by atoms with E-state index in [1.807, 2.05) is 0 Å². The van der Waals surface area contributed by atoms with Crippen LogP contribution in [0.5, 0.6) is 0 Å². The minimum Gasteiger partial charge on any atom is -0.480 e. The molecule has 2 fully saturated rings. The van der Waals surface area contributed by atoms with E-state index in [0.717, 1.165) is 44.0 Å². The van der Waals surface area contributed by atoms with E-state index in [1.54, 1.807) is 4.90 Å². The van der Waals surface area contributed by atoms with Crippen LogP contribution in [0.25, 0.3) is 0 Å². The van der Waals surface area contributed by atoms with Crippen LogP contribution in [-0.4, -0.2) is 67.2 Å². The van der Waals surface area contributed by atoms with Gasteiger partial charge in [-0.15, -0.1) is 0 Å². The standard InChI is InChI=1S/C13H18N4O3S/c18-12(10-8-14-21-15-10)16-6-3-9(4-7-16)17-5-1-2-11(17)13(19)20/h8-9,11H,1-7H2,(H,19,20). The molecule has 21 heavy (non-hydrogen) atoms. The van der Waals surface area contributed by atoms with Crippen molar-refractivity contribution in [2.75, 3.05) is 19.6 Å². The van der Waals surface area contributed by atoms with Crippen LogP contribution in [0.2, 0.25) is 0 Å². The highest BCUT2D eigenvalue weighted by Gasteiger charge is 2.37. The topological polar surface area (TPSA) is 86.6 Å². The first-order chi connectivity index (χ1) is 10.2. The molecule has 2 aliphatic rings. The molecule has 7 nitrogen and oxygen atoms in total. The van der Waals surface area contributed by atoms with E-state index in [0.29, 0.717) is 18.8 Å². The molecule has 1 unspecified atom stereocenters. The van der Waals surface area contributed by atoms with Crippen LogP contribution in [-0.2, 0) is 4.79 Å². The van der Waals surface area contributed by atoms with Crippen molar-refractivity contribution in [2.45, 2.75) is 37.8 Å². The Bertz CT molecular complexity index is 513. The summed E-state index contributed by atoms with van der Waals surface area (Å²) in [4.78, 5) is 27.3. The van der Waals surface area contributed by atoms with Gasteiger partial charge >= 0.3 is 5.97 Å². The molecule has 0 saturated carbocycles. The van der Waals surface area contributed by atoms with E-state index < -0.39 is 5.97 Å². The molecule has 0 aliphatic carbocycles. The maximum Gasteiger partial charge on any atom is 0.320 e. The van der Waals surface area contributed by atoms with Gasteiger partial charge in [0.2, 0.25) is 0 Å². The molecule has 2 saturated heterocycles. The molecule has 114 valence electrons. The van der Waals surface area contributed by atoms with Crippen molar-refractivity contribution in [1.82, 2.24) is 18.5 Å². The number of nitrogens with zero attached hydrogens (tertiary/aromatic N) is 4. The number of piperidine rings is 1. The summed E-state index contributed by atoms with van der Waals surface area (Å²) in [5.41, 5.74) is 0.406. The Balaban J connectivity index is 1.58. The fourth-order valence-electron chi connectivity index (χ4n) is 3.31. The molecule has 0 radical (unpaired) electrons. The molecule has 0 spiro atoms. The summed E-state index contributed by atoms with van der Waals surface area (Å²) in [5, 5.41) is 9.26. The van der Waals surface area contributed by atoms with Gasteiger partial charge in [-0.2, -0.15) is 8.75 Å². The largest absolute Gasteiger partial charge is 0.480 e. The van der Waals surface area contributed by atoms with Crippen LogP contribution in [0, 0.1) is 0 Å². The van der Waals surface area contributed by atoms with Crippen molar-refractivity contribution < 1.29 is 14.7 Å². The van der Waals surface area contributed by atoms with E-state index in [2.05, 4.69) is 13.6 Å². The second-order valence-electron chi connectivity index (χ2n) is 5.55. The zero-order valence-electron chi connectivity index (χ0n) is 11.6. The zero-order valence-corrected chi connectivity index (χ0v) is 12.5. The normalized spacial score (nSPS) is 24.4. The summed E-state index contributed by atoms with van der Waals surface area (Å²) >= 11 is 1.04. The lowest BCUT2D eigenvalue weighted by Crippen LogP contribution is -2.50. The molecule has 3 heterocycles. The number of carboxylic acid groups (broad SMARTS) is 1. The van der Waals surface area contributed by atoms with Crippen LogP contribution in [0.4, 0.5) is 0 Å². The van der Waals surface area contributed by atoms with Crippen LogP contribution in [0.15, 0.2) is 6.20 Å². The van der Waals surface area contributed by atoms with Crippen molar-refractivity contribution >= 4 is 23.6 Å². The van der Waals surface area contributed by atoms with Gasteiger partial charge in [0.15, 0.2) is 5.69 Å². The van der Waals surface area contributed by atoms with Gasteiger partial charge in [0.1, 0.15) is 6.04 Å². The summed E-state index contributed by atoms with van der Waals surface area (Å²) in [5.74, 6) is -0.794. The molecule has 1 aromatic heterocycles. The molecule has 1 atom stereocenters. The smallest absolute Gasteiger partial charge is 0.320 e. The average molecular weight is 310 g/mol. The number of hydrogen-bond acceptors (Lipinski definition) is 6. The van der Waals surface area contributed by atoms with Crippen LogP contribution in [0.1, 0.15) is 36.2 Å². The van der Waals surface area contributed by atoms with Crippen molar-refractivity contribution in [2.24, 2.45) is 0 Å². The number of rotatable bonds is 3. The Morgan fingerprint density at radius 2 is 2.00 bits per heavy atom. The van der Waals surface area contributed by atoms with E-state index in [1.165, 1.54) is 6.20 Å². The van der Waals surface area contributed by atoms with E-state index in [9.17, 15) is 14.7 Å². The second-order valence-corrected chi connectivity index (χ2v) is 6.11. The summed E-state index contributed by atoms with van der Waals surface area (Å²) < 4.78 is 7.83. The predicted octanol–water partition coefficient (Wildman–Crippen LogP) is 0.692. The van der Waals surface area contributed by atoms with Crippen molar-refractivity contribution in [3.63, 3.8) is 0 Å². The minimum absolute atomic E-state index is 0.0709. The van der Waals surface area contributed by atoms with Gasteiger partial charge in [0, 0.05) is 19.1 Å². The number of aliphatic carboxylic acids is 1. The predicted molar refractivity (Wildman–Crippen MR) is 76.2 cm³/mol. The van der Waals surface area contributed by atoms with Crippen molar-refractivity contribution in [3.05, 3.63) is 11.9 Å². The van der Waals surface area contributed by atoms with Gasteiger partial charge in [-0.25, -0.2) is 0 Å². The fraction of sp³-hybridized carbons (Fsp3) is 0.692. The third kappa shape index (κ3) is 2.91. The quantitative estimate of drug-likeness (QED) is 0.884.